The predicted octanol–water partition coefficient (Wildman–Crippen LogP) is 4.10. The van der Waals surface area contributed by atoms with E-state index in [1.54, 1.807) is 0 Å². The maximum atomic E-state index is 12.0. The molecule has 0 amide bonds. The zero-order chi connectivity index (χ0) is 14.3. The Morgan fingerprint density at radius 3 is 2.25 bits per heavy atom. The first-order valence-corrected chi connectivity index (χ1v) is 9.60. The van der Waals surface area contributed by atoms with E-state index >= 15 is 0 Å². The molecule has 2 rings (SSSR count). The van der Waals surface area contributed by atoms with Gasteiger partial charge in [0, 0.05) is 11.4 Å². The van der Waals surface area contributed by atoms with Crippen LogP contribution in [0.15, 0.2) is 65.6 Å². The van der Waals surface area contributed by atoms with Gasteiger partial charge in [0.25, 0.3) is 0 Å². The molecule has 106 valence electrons. The standard InChI is InChI=1S/C15H18NO2PS/c17-19(18,20-15-11-5-2-6-12-15)16-13-7-10-14-8-3-1-4-9-14/h1-6,8-9,11-12H,7,10,13H2,(H2,16,17,18). The Hall–Kier alpha value is -1.06. The van der Waals surface area contributed by atoms with Gasteiger partial charge in [0.1, 0.15) is 0 Å². The number of aryl methyl sites for hydroxylation is 1. The van der Waals surface area contributed by atoms with Crippen LogP contribution in [0, 0.1) is 0 Å². The van der Waals surface area contributed by atoms with E-state index in [4.69, 9.17) is 0 Å². The molecule has 0 aromatic heterocycles. The van der Waals surface area contributed by atoms with E-state index in [0.29, 0.717) is 6.54 Å². The Bertz CT molecular complexity index is 563. The summed E-state index contributed by atoms with van der Waals surface area (Å²) in [5, 5.41) is 2.75. The molecule has 0 saturated carbocycles. The summed E-state index contributed by atoms with van der Waals surface area (Å²) in [6.45, 7) is -2.84. The third-order valence-corrected chi connectivity index (χ3v) is 5.88. The largest absolute Gasteiger partial charge is 0.328 e. The molecule has 3 nitrogen and oxygen atoms in total. The van der Waals surface area contributed by atoms with Crippen LogP contribution in [0.5, 0.6) is 0 Å². The quantitative estimate of drug-likeness (QED) is 0.597. The van der Waals surface area contributed by atoms with Gasteiger partial charge >= 0.3 is 6.72 Å². The third-order valence-electron chi connectivity index (χ3n) is 2.77. The van der Waals surface area contributed by atoms with E-state index in [2.05, 4.69) is 17.2 Å². The van der Waals surface area contributed by atoms with Crippen LogP contribution in [-0.4, -0.2) is 11.4 Å². The van der Waals surface area contributed by atoms with Crippen molar-refractivity contribution in [2.45, 2.75) is 17.7 Å². The van der Waals surface area contributed by atoms with Gasteiger partial charge in [-0.2, -0.15) is 0 Å². The van der Waals surface area contributed by atoms with Gasteiger partial charge in [0.2, 0.25) is 0 Å². The van der Waals surface area contributed by atoms with Crippen molar-refractivity contribution in [2.24, 2.45) is 0 Å². The van der Waals surface area contributed by atoms with Crippen LogP contribution in [0.1, 0.15) is 12.0 Å². The molecule has 0 saturated heterocycles. The molecule has 20 heavy (non-hydrogen) atoms. The Balaban J connectivity index is 1.74. The highest BCUT2D eigenvalue weighted by molar-refractivity contribution is 8.55. The predicted molar refractivity (Wildman–Crippen MR) is 84.9 cm³/mol. The average Bonchev–Trinajstić information content (AvgIpc) is 2.45. The maximum absolute atomic E-state index is 12.0. The summed E-state index contributed by atoms with van der Waals surface area (Å²) in [4.78, 5) is 10.7. The van der Waals surface area contributed by atoms with Crippen LogP contribution in [0.25, 0.3) is 0 Å². The molecule has 0 aliphatic heterocycles. The fraction of sp³-hybridized carbons (Fsp3) is 0.200. The van der Waals surface area contributed by atoms with Gasteiger partial charge in [0.05, 0.1) is 0 Å². The van der Waals surface area contributed by atoms with Crippen LogP contribution < -0.4 is 5.09 Å². The normalized spacial score (nSPS) is 13.8. The number of hydrogen-bond acceptors (Lipinski definition) is 2. The fourth-order valence-corrected chi connectivity index (χ4v) is 4.57. The summed E-state index contributed by atoms with van der Waals surface area (Å²) in [5.74, 6) is 0. The van der Waals surface area contributed by atoms with Crippen molar-refractivity contribution in [1.29, 1.82) is 0 Å². The zero-order valence-corrected chi connectivity index (χ0v) is 12.8. The lowest BCUT2D eigenvalue weighted by molar-refractivity contribution is 0.482. The van der Waals surface area contributed by atoms with Crippen molar-refractivity contribution in [3.8, 4) is 0 Å². The Morgan fingerprint density at radius 2 is 1.60 bits per heavy atom. The van der Waals surface area contributed by atoms with E-state index in [1.807, 2.05) is 48.5 Å². The van der Waals surface area contributed by atoms with Crippen molar-refractivity contribution >= 4 is 18.1 Å². The summed E-state index contributed by atoms with van der Waals surface area (Å²) in [6, 6.07) is 19.4. The second-order valence-electron chi connectivity index (χ2n) is 4.42. The zero-order valence-electron chi connectivity index (χ0n) is 11.1. The summed E-state index contributed by atoms with van der Waals surface area (Å²) >= 11 is 0.992. The van der Waals surface area contributed by atoms with Crippen LogP contribution in [0.3, 0.4) is 0 Å². The van der Waals surface area contributed by atoms with E-state index in [9.17, 15) is 9.46 Å². The first-order chi connectivity index (χ1) is 9.66. The van der Waals surface area contributed by atoms with Gasteiger partial charge in [-0.05, 0) is 41.9 Å². The third kappa shape index (κ3) is 5.51. The van der Waals surface area contributed by atoms with Crippen LogP contribution in [-0.2, 0) is 11.0 Å². The minimum absolute atomic E-state index is 0.530. The second kappa shape index (κ2) is 7.65. The summed E-state index contributed by atoms with van der Waals surface area (Å²) in [6.07, 6.45) is 1.74. The van der Waals surface area contributed by atoms with Gasteiger partial charge < -0.3 is 4.89 Å². The minimum Gasteiger partial charge on any atom is -0.325 e. The molecule has 5 heteroatoms. The first kappa shape index (κ1) is 15.3. The van der Waals surface area contributed by atoms with E-state index in [-0.39, 0.29) is 0 Å². The molecule has 2 aromatic rings. The molecule has 0 spiro atoms. The van der Waals surface area contributed by atoms with Gasteiger partial charge in [-0.1, -0.05) is 48.5 Å². The van der Waals surface area contributed by atoms with Crippen LogP contribution in [0.2, 0.25) is 0 Å². The lowest BCUT2D eigenvalue weighted by atomic mass is 10.1. The summed E-state index contributed by atoms with van der Waals surface area (Å²) in [5.41, 5.74) is 1.25. The molecular formula is C15H18NO2PS. The molecule has 0 aliphatic carbocycles. The molecule has 0 heterocycles. The van der Waals surface area contributed by atoms with Crippen LogP contribution >= 0.6 is 18.1 Å². The molecule has 0 fully saturated rings. The van der Waals surface area contributed by atoms with Crippen LogP contribution in [0.4, 0.5) is 0 Å². The van der Waals surface area contributed by atoms with Crippen molar-refractivity contribution in [1.82, 2.24) is 5.09 Å². The minimum atomic E-state index is -3.37. The highest BCUT2D eigenvalue weighted by atomic mass is 32.7. The van der Waals surface area contributed by atoms with E-state index in [0.717, 1.165) is 29.1 Å². The number of rotatable bonds is 7. The van der Waals surface area contributed by atoms with Gasteiger partial charge in [-0.3, -0.25) is 4.57 Å². The lowest BCUT2D eigenvalue weighted by Gasteiger charge is -2.12. The Kier molecular flexibility index (Phi) is 5.86. The monoisotopic (exact) mass is 307 g/mol. The number of hydrogen-bond donors (Lipinski definition) is 2. The highest BCUT2D eigenvalue weighted by Gasteiger charge is 2.18. The second-order valence-corrected chi connectivity index (χ2v) is 8.47. The highest BCUT2D eigenvalue weighted by Crippen LogP contribution is 2.54. The summed E-state index contributed by atoms with van der Waals surface area (Å²) in [7, 11) is 0. The summed E-state index contributed by atoms with van der Waals surface area (Å²) < 4.78 is 12.0. The fourth-order valence-electron chi connectivity index (χ4n) is 1.81. The lowest BCUT2D eigenvalue weighted by Crippen LogP contribution is -2.10. The van der Waals surface area contributed by atoms with Crippen molar-refractivity contribution < 1.29 is 9.46 Å². The van der Waals surface area contributed by atoms with E-state index in [1.165, 1.54) is 5.56 Å². The maximum Gasteiger partial charge on any atom is 0.328 e. The molecule has 0 radical (unpaired) electrons. The molecule has 2 N–H and O–H groups in total. The SMILES string of the molecule is O=P(O)(NCCCc1ccccc1)Sc1ccccc1. The molecule has 1 unspecified atom stereocenters. The van der Waals surface area contributed by atoms with E-state index < -0.39 is 6.72 Å². The average molecular weight is 307 g/mol. The van der Waals surface area contributed by atoms with Gasteiger partial charge in [-0.15, -0.1) is 0 Å². The molecular weight excluding hydrogens is 289 g/mol. The number of nitrogens with one attached hydrogen (secondary N) is 1. The number of benzene rings is 2. The molecule has 2 aromatic carbocycles. The first-order valence-electron chi connectivity index (χ1n) is 6.52. The van der Waals surface area contributed by atoms with Gasteiger partial charge in [0.15, 0.2) is 0 Å². The smallest absolute Gasteiger partial charge is 0.325 e. The topological polar surface area (TPSA) is 49.3 Å². The Morgan fingerprint density at radius 1 is 1.00 bits per heavy atom. The van der Waals surface area contributed by atoms with Crippen molar-refractivity contribution in [2.75, 3.05) is 6.54 Å². The van der Waals surface area contributed by atoms with Crippen molar-refractivity contribution in [3.05, 3.63) is 66.2 Å². The van der Waals surface area contributed by atoms with Crippen molar-refractivity contribution in [3.63, 3.8) is 0 Å². The Labute approximate surface area is 123 Å². The molecule has 1 atom stereocenters. The molecule has 0 aliphatic rings. The van der Waals surface area contributed by atoms with Gasteiger partial charge in [-0.25, -0.2) is 5.09 Å². The molecule has 0 bridgehead atoms.